The van der Waals surface area contributed by atoms with Gasteiger partial charge in [-0.15, -0.1) is 0 Å². The summed E-state index contributed by atoms with van der Waals surface area (Å²) in [6, 6.07) is 1.38. The van der Waals surface area contributed by atoms with Crippen molar-refractivity contribution in [2.75, 3.05) is 0 Å². The number of hydrogen-bond acceptors (Lipinski definition) is 2. The lowest BCUT2D eigenvalue weighted by Crippen LogP contribution is -2.00. The molecule has 1 heterocycles. The molecule has 5 heteroatoms. The zero-order chi connectivity index (χ0) is 10.0. The van der Waals surface area contributed by atoms with Gasteiger partial charge >= 0.3 is 0 Å². The number of hydrogen-bond donors (Lipinski definition) is 1. The van der Waals surface area contributed by atoms with Crippen LogP contribution in [0.4, 0.5) is 8.78 Å². The van der Waals surface area contributed by atoms with Crippen LogP contribution >= 0.6 is 11.6 Å². The van der Waals surface area contributed by atoms with Gasteiger partial charge in [0.2, 0.25) is 0 Å². The summed E-state index contributed by atoms with van der Waals surface area (Å²) in [6.45, 7) is 1.17. The standard InChI is InChI=1S/C8H8ClF2NO/c1-4-5(3-13)2-6(9)12-7(4)8(10)11/h2,8,13H,3H2,1H3. The van der Waals surface area contributed by atoms with Crippen LogP contribution in [0.1, 0.15) is 23.2 Å². The van der Waals surface area contributed by atoms with Gasteiger partial charge in [0.1, 0.15) is 10.8 Å². The van der Waals surface area contributed by atoms with Crippen molar-refractivity contribution in [1.82, 2.24) is 4.98 Å². The van der Waals surface area contributed by atoms with Crippen LogP contribution in [0.25, 0.3) is 0 Å². The number of nitrogens with zero attached hydrogens (tertiary/aromatic N) is 1. The number of aromatic nitrogens is 1. The van der Waals surface area contributed by atoms with Crippen LogP contribution in [-0.4, -0.2) is 10.1 Å². The Hall–Kier alpha value is -0.740. The Kier molecular flexibility index (Phi) is 3.17. The molecule has 2 nitrogen and oxygen atoms in total. The van der Waals surface area contributed by atoms with Crippen molar-refractivity contribution in [1.29, 1.82) is 0 Å². The van der Waals surface area contributed by atoms with E-state index in [1.54, 1.807) is 0 Å². The molecule has 0 spiro atoms. The lowest BCUT2D eigenvalue weighted by atomic mass is 10.1. The molecule has 0 atom stereocenters. The van der Waals surface area contributed by atoms with Crippen LogP contribution in [0.3, 0.4) is 0 Å². The fourth-order valence-electron chi connectivity index (χ4n) is 1.02. The van der Waals surface area contributed by atoms with E-state index >= 15 is 0 Å². The Balaban J connectivity index is 3.27. The molecular formula is C8H8ClF2NO. The summed E-state index contributed by atoms with van der Waals surface area (Å²) in [7, 11) is 0. The summed E-state index contributed by atoms with van der Waals surface area (Å²) in [5, 5.41) is 8.79. The van der Waals surface area contributed by atoms with Gasteiger partial charge in [0.15, 0.2) is 0 Å². The van der Waals surface area contributed by atoms with Crippen molar-refractivity contribution in [2.24, 2.45) is 0 Å². The molecule has 0 aliphatic carbocycles. The van der Waals surface area contributed by atoms with E-state index in [1.807, 2.05) is 0 Å². The van der Waals surface area contributed by atoms with Crippen LogP contribution in [0.2, 0.25) is 5.15 Å². The molecule has 0 saturated carbocycles. The van der Waals surface area contributed by atoms with Gasteiger partial charge in [-0.25, -0.2) is 13.8 Å². The molecule has 0 amide bonds. The Morgan fingerprint density at radius 1 is 1.62 bits per heavy atom. The highest BCUT2D eigenvalue weighted by Crippen LogP contribution is 2.25. The summed E-state index contributed by atoms with van der Waals surface area (Å²) in [5.74, 6) is 0. The fraction of sp³-hybridized carbons (Fsp3) is 0.375. The molecule has 1 aromatic heterocycles. The van der Waals surface area contributed by atoms with E-state index in [0.29, 0.717) is 11.1 Å². The van der Waals surface area contributed by atoms with Crippen LogP contribution < -0.4 is 0 Å². The highest BCUT2D eigenvalue weighted by molar-refractivity contribution is 6.29. The number of halogens is 3. The molecule has 0 saturated heterocycles. The monoisotopic (exact) mass is 207 g/mol. The average Bonchev–Trinajstić information content (AvgIpc) is 2.08. The summed E-state index contributed by atoms with van der Waals surface area (Å²) < 4.78 is 24.6. The minimum Gasteiger partial charge on any atom is -0.392 e. The topological polar surface area (TPSA) is 33.1 Å². The highest BCUT2D eigenvalue weighted by Gasteiger charge is 2.15. The van der Waals surface area contributed by atoms with E-state index in [0.717, 1.165) is 0 Å². The van der Waals surface area contributed by atoms with E-state index in [4.69, 9.17) is 16.7 Å². The van der Waals surface area contributed by atoms with Gasteiger partial charge < -0.3 is 5.11 Å². The number of rotatable bonds is 2. The average molecular weight is 208 g/mol. The zero-order valence-corrected chi connectivity index (χ0v) is 7.65. The van der Waals surface area contributed by atoms with E-state index in [9.17, 15) is 8.78 Å². The van der Waals surface area contributed by atoms with Crippen molar-refractivity contribution in [3.8, 4) is 0 Å². The zero-order valence-electron chi connectivity index (χ0n) is 6.89. The Morgan fingerprint density at radius 3 is 2.69 bits per heavy atom. The number of alkyl halides is 2. The first kappa shape index (κ1) is 10.3. The number of aliphatic hydroxyl groups excluding tert-OH is 1. The maximum Gasteiger partial charge on any atom is 0.280 e. The lowest BCUT2D eigenvalue weighted by molar-refractivity contribution is 0.145. The molecule has 0 aliphatic rings. The molecule has 0 fully saturated rings. The SMILES string of the molecule is Cc1c(CO)cc(Cl)nc1C(F)F. The quantitative estimate of drug-likeness (QED) is 0.756. The van der Waals surface area contributed by atoms with E-state index in [2.05, 4.69) is 4.98 Å². The maximum atomic E-state index is 12.3. The third-order valence-corrected chi connectivity index (χ3v) is 1.96. The summed E-state index contributed by atoms with van der Waals surface area (Å²) in [6.07, 6.45) is -2.66. The van der Waals surface area contributed by atoms with Gasteiger partial charge in [-0.1, -0.05) is 11.6 Å². The van der Waals surface area contributed by atoms with E-state index in [-0.39, 0.29) is 17.5 Å². The third kappa shape index (κ3) is 2.14. The Bertz CT molecular complexity index is 317. The van der Waals surface area contributed by atoms with Crippen molar-refractivity contribution < 1.29 is 13.9 Å². The van der Waals surface area contributed by atoms with Gasteiger partial charge in [0.25, 0.3) is 6.43 Å². The first-order chi connectivity index (χ1) is 6.06. The molecular weight excluding hydrogens is 200 g/mol. The molecule has 1 rings (SSSR count). The van der Waals surface area contributed by atoms with E-state index < -0.39 is 6.43 Å². The molecule has 1 N–H and O–H groups in total. The number of pyridine rings is 1. The van der Waals surface area contributed by atoms with Crippen LogP contribution in [0.5, 0.6) is 0 Å². The van der Waals surface area contributed by atoms with E-state index in [1.165, 1.54) is 13.0 Å². The predicted molar refractivity (Wildman–Crippen MR) is 44.9 cm³/mol. The normalized spacial score (nSPS) is 10.9. The minimum absolute atomic E-state index is 0.0232. The van der Waals surface area contributed by atoms with Gasteiger partial charge in [-0.05, 0) is 24.1 Å². The molecule has 72 valence electrons. The smallest absolute Gasteiger partial charge is 0.280 e. The second-order valence-corrected chi connectivity index (χ2v) is 2.96. The lowest BCUT2D eigenvalue weighted by Gasteiger charge is -2.08. The molecule has 0 unspecified atom stereocenters. The second-order valence-electron chi connectivity index (χ2n) is 2.57. The third-order valence-electron chi connectivity index (χ3n) is 1.76. The molecule has 0 aliphatic heterocycles. The van der Waals surface area contributed by atoms with Crippen LogP contribution in [0.15, 0.2) is 6.07 Å². The summed E-state index contributed by atoms with van der Waals surface area (Å²) in [4.78, 5) is 3.49. The predicted octanol–water partition coefficient (Wildman–Crippen LogP) is 2.47. The molecule has 0 aromatic carbocycles. The minimum atomic E-state index is -2.66. The van der Waals surface area contributed by atoms with Gasteiger partial charge in [-0.3, -0.25) is 0 Å². The number of aliphatic hydroxyl groups is 1. The van der Waals surface area contributed by atoms with Crippen molar-refractivity contribution >= 4 is 11.6 Å². The maximum absolute atomic E-state index is 12.3. The first-order valence-corrected chi connectivity index (χ1v) is 3.99. The Morgan fingerprint density at radius 2 is 2.23 bits per heavy atom. The van der Waals surface area contributed by atoms with Gasteiger partial charge in [0.05, 0.1) is 6.61 Å². The summed E-state index contributed by atoms with van der Waals surface area (Å²) >= 11 is 5.49. The molecule has 0 radical (unpaired) electrons. The molecule has 0 bridgehead atoms. The first-order valence-electron chi connectivity index (χ1n) is 3.61. The van der Waals surface area contributed by atoms with Crippen molar-refractivity contribution in [3.63, 3.8) is 0 Å². The Labute approximate surface area is 79.2 Å². The van der Waals surface area contributed by atoms with Crippen molar-refractivity contribution in [2.45, 2.75) is 20.0 Å². The van der Waals surface area contributed by atoms with Crippen molar-refractivity contribution in [3.05, 3.63) is 28.0 Å². The second kappa shape index (κ2) is 3.98. The largest absolute Gasteiger partial charge is 0.392 e. The fourth-order valence-corrected chi connectivity index (χ4v) is 1.25. The van der Waals surface area contributed by atoms with Crippen LogP contribution in [0, 0.1) is 6.92 Å². The summed E-state index contributed by atoms with van der Waals surface area (Å²) in [5.41, 5.74) is 0.314. The molecule has 13 heavy (non-hydrogen) atoms. The molecule has 1 aromatic rings. The van der Waals surface area contributed by atoms with Crippen LogP contribution in [-0.2, 0) is 6.61 Å². The van der Waals surface area contributed by atoms with Gasteiger partial charge in [0, 0.05) is 0 Å². The van der Waals surface area contributed by atoms with Gasteiger partial charge in [-0.2, -0.15) is 0 Å². The highest BCUT2D eigenvalue weighted by atomic mass is 35.5.